The lowest BCUT2D eigenvalue weighted by molar-refractivity contribution is 0.410. The number of nitrogens with two attached hydrogens (primary N) is 1. The number of hydrogen-bond donors (Lipinski definition) is 1. The van der Waals surface area contributed by atoms with Crippen LogP contribution in [0.15, 0.2) is 24.3 Å². The highest BCUT2D eigenvalue weighted by atomic mass is 32.1. The number of ether oxygens (including phenoxy) is 1. The summed E-state index contributed by atoms with van der Waals surface area (Å²) in [5.74, 6) is 0.174. The Balaban J connectivity index is 2.36. The molecule has 1 heterocycles. The van der Waals surface area contributed by atoms with Crippen molar-refractivity contribution >= 4 is 11.3 Å². The topological polar surface area (TPSA) is 35.2 Å². The van der Waals surface area contributed by atoms with E-state index < -0.39 is 6.04 Å². The van der Waals surface area contributed by atoms with E-state index in [1.807, 2.05) is 19.9 Å². The average molecular weight is 265 g/mol. The molecule has 0 aliphatic rings. The van der Waals surface area contributed by atoms with Crippen LogP contribution in [-0.2, 0) is 0 Å². The van der Waals surface area contributed by atoms with Crippen LogP contribution in [0.2, 0.25) is 0 Å². The fraction of sp³-hybridized carbons (Fsp3) is 0.286. The van der Waals surface area contributed by atoms with Crippen molar-refractivity contribution in [2.75, 3.05) is 7.11 Å². The summed E-state index contributed by atoms with van der Waals surface area (Å²) in [6.07, 6.45) is 0. The van der Waals surface area contributed by atoms with Crippen molar-refractivity contribution < 1.29 is 9.13 Å². The highest BCUT2D eigenvalue weighted by Gasteiger charge is 2.16. The molecule has 1 aromatic carbocycles. The molecule has 0 fully saturated rings. The summed E-state index contributed by atoms with van der Waals surface area (Å²) in [7, 11) is 1.51. The van der Waals surface area contributed by atoms with Crippen LogP contribution < -0.4 is 10.5 Å². The number of benzene rings is 1. The first-order valence-electron chi connectivity index (χ1n) is 5.69. The predicted molar refractivity (Wildman–Crippen MR) is 72.8 cm³/mol. The summed E-state index contributed by atoms with van der Waals surface area (Å²) in [5.41, 5.74) is 7.81. The number of aryl methyl sites for hydroxylation is 2. The van der Waals surface area contributed by atoms with Crippen LogP contribution in [0, 0.1) is 19.7 Å². The van der Waals surface area contributed by atoms with Gasteiger partial charge in [0.15, 0.2) is 0 Å². The number of rotatable bonds is 3. The van der Waals surface area contributed by atoms with Crippen LogP contribution in [0.1, 0.15) is 26.9 Å². The highest BCUT2D eigenvalue weighted by Crippen LogP contribution is 2.31. The van der Waals surface area contributed by atoms with Gasteiger partial charge in [0.1, 0.15) is 11.6 Å². The first kappa shape index (κ1) is 13.1. The van der Waals surface area contributed by atoms with Crippen molar-refractivity contribution in [1.82, 2.24) is 0 Å². The zero-order chi connectivity index (χ0) is 13.3. The minimum Gasteiger partial charge on any atom is -0.497 e. The van der Waals surface area contributed by atoms with Crippen LogP contribution in [0.5, 0.6) is 5.75 Å². The zero-order valence-electron chi connectivity index (χ0n) is 10.7. The first-order valence-corrected chi connectivity index (χ1v) is 6.50. The van der Waals surface area contributed by atoms with E-state index in [4.69, 9.17) is 10.5 Å². The van der Waals surface area contributed by atoms with Gasteiger partial charge in [0.2, 0.25) is 0 Å². The summed E-state index contributed by atoms with van der Waals surface area (Å²) in [6, 6.07) is 6.37. The van der Waals surface area contributed by atoms with Crippen LogP contribution in [0.4, 0.5) is 4.39 Å². The van der Waals surface area contributed by atoms with Gasteiger partial charge < -0.3 is 10.5 Å². The molecule has 0 spiro atoms. The van der Waals surface area contributed by atoms with Crippen LogP contribution in [0.25, 0.3) is 0 Å². The van der Waals surface area contributed by atoms with Crippen molar-refractivity contribution in [3.05, 3.63) is 51.0 Å². The molecule has 2 N–H and O–H groups in total. The van der Waals surface area contributed by atoms with Gasteiger partial charge in [0, 0.05) is 21.4 Å². The number of methoxy groups -OCH3 is 1. The molecule has 0 aliphatic heterocycles. The molecule has 18 heavy (non-hydrogen) atoms. The van der Waals surface area contributed by atoms with Gasteiger partial charge in [-0.15, -0.1) is 11.3 Å². The SMILES string of the molecule is COc1ccc(C(N)c2cc(C)c(C)s2)c(F)c1. The third-order valence-electron chi connectivity index (χ3n) is 3.03. The van der Waals surface area contributed by atoms with Gasteiger partial charge in [-0.25, -0.2) is 4.39 Å². The van der Waals surface area contributed by atoms with E-state index in [1.165, 1.54) is 23.6 Å². The molecule has 2 nitrogen and oxygen atoms in total. The molecule has 0 saturated carbocycles. The molecule has 1 unspecified atom stereocenters. The third kappa shape index (κ3) is 2.40. The van der Waals surface area contributed by atoms with Crippen molar-refractivity contribution in [3.63, 3.8) is 0 Å². The molecule has 96 valence electrons. The van der Waals surface area contributed by atoms with Crippen molar-refractivity contribution in [2.24, 2.45) is 5.73 Å². The highest BCUT2D eigenvalue weighted by molar-refractivity contribution is 7.12. The smallest absolute Gasteiger partial charge is 0.132 e. The molecule has 2 aromatic rings. The van der Waals surface area contributed by atoms with Crippen molar-refractivity contribution in [2.45, 2.75) is 19.9 Å². The summed E-state index contributed by atoms with van der Waals surface area (Å²) >= 11 is 1.61. The fourth-order valence-electron chi connectivity index (χ4n) is 1.80. The maximum absolute atomic E-state index is 13.9. The van der Waals surface area contributed by atoms with Crippen LogP contribution >= 0.6 is 11.3 Å². The molecular weight excluding hydrogens is 249 g/mol. The standard InChI is InChI=1S/C14H16FNOS/c1-8-6-13(18-9(8)2)14(16)11-5-4-10(17-3)7-12(11)15/h4-7,14H,16H2,1-3H3. The van der Waals surface area contributed by atoms with E-state index in [2.05, 4.69) is 0 Å². The molecule has 4 heteroatoms. The van der Waals surface area contributed by atoms with E-state index >= 15 is 0 Å². The lowest BCUT2D eigenvalue weighted by Gasteiger charge is -2.12. The number of thiophene rings is 1. The monoisotopic (exact) mass is 265 g/mol. The predicted octanol–water partition coefficient (Wildman–Crippen LogP) is 3.56. The third-order valence-corrected chi connectivity index (χ3v) is 4.27. The molecule has 0 bridgehead atoms. The molecule has 0 amide bonds. The second-order valence-electron chi connectivity index (χ2n) is 4.25. The van der Waals surface area contributed by atoms with Crippen LogP contribution in [-0.4, -0.2) is 7.11 Å². The first-order chi connectivity index (χ1) is 8.52. The maximum Gasteiger partial charge on any atom is 0.132 e. The van der Waals surface area contributed by atoms with Crippen molar-refractivity contribution in [3.8, 4) is 5.75 Å². The minimum absolute atomic E-state index is 0.328. The summed E-state index contributed by atoms with van der Waals surface area (Å²) in [5, 5.41) is 0. The van der Waals surface area contributed by atoms with E-state index in [1.54, 1.807) is 23.5 Å². The molecule has 2 rings (SSSR count). The summed E-state index contributed by atoms with van der Waals surface area (Å²) in [4.78, 5) is 2.20. The van der Waals surface area contributed by atoms with Gasteiger partial charge in [-0.05, 0) is 31.5 Å². The van der Waals surface area contributed by atoms with E-state index in [0.29, 0.717) is 11.3 Å². The van der Waals surface area contributed by atoms with Crippen LogP contribution in [0.3, 0.4) is 0 Å². The molecule has 1 atom stereocenters. The van der Waals surface area contributed by atoms with Gasteiger partial charge in [0.05, 0.1) is 13.2 Å². The summed E-state index contributed by atoms with van der Waals surface area (Å²) < 4.78 is 18.9. The molecule has 1 aromatic heterocycles. The lowest BCUT2D eigenvalue weighted by Crippen LogP contribution is -2.12. The lowest BCUT2D eigenvalue weighted by atomic mass is 10.0. The Morgan fingerprint density at radius 2 is 2.00 bits per heavy atom. The van der Waals surface area contributed by atoms with Gasteiger partial charge in [-0.2, -0.15) is 0 Å². The number of hydrogen-bond acceptors (Lipinski definition) is 3. The van der Waals surface area contributed by atoms with Gasteiger partial charge in [0.25, 0.3) is 0 Å². The largest absolute Gasteiger partial charge is 0.497 e. The Hall–Kier alpha value is -1.39. The molecule has 0 aliphatic carbocycles. The molecular formula is C14H16FNOS. The van der Waals surface area contributed by atoms with Gasteiger partial charge in [-0.1, -0.05) is 6.07 Å². The second-order valence-corrected chi connectivity index (χ2v) is 5.54. The quantitative estimate of drug-likeness (QED) is 0.921. The van der Waals surface area contributed by atoms with E-state index in [9.17, 15) is 4.39 Å². The minimum atomic E-state index is -0.423. The van der Waals surface area contributed by atoms with E-state index in [-0.39, 0.29) is 5.82 Å². The Labute approximate surface area is 110 Å². The van der Waals surface area contributed by atoms with Crippen molar-refractivity contribution in [1.29, 1.82) is 0 Å². The number of halogens is 1. The molecule has 0 saturated heterocycles. The van der Waals surface area contributed by atoms with Gasteiger partial charge >= 0.3 is 0 Å². The summed E-state index contributed by atoms with van der Waals surface area (Å²) in [6.45, 7) is 4.08. The normalized spacial score (nSPS) is 12.5. The zero-order valence-corrected chi connectivity index (χ0v) is 11.5. The Bertz CT molecular complexity index is 545. The Morgan fingerprint density at radius 3 is 2.50 bits per heavy atom. The maximum atomic E-state index is 13.9. The van der Waals surface area contributed by atoms with Gasteiger partial charge in [-0.3, -0.25) is 0 Å². The van der Waals surface area contributed by atoms with E-state index in [0.717, 1.165) is 4.88 Å². The fourth-order valence-corrected chi connectivity index (χ4v) is 2.86. The Morgan fingerprint density at radius 1 is 1.28 bits per heavy atom. The second kappa shape index (κ2) is 5.08. The Kier molecular flexibility index (Phi) is 3.68. The molecule has 0 radical (unpaired) electrons. The average Bonchev–Trinajstić information content (AvgIpc) is 2.68.